The van der Waals surface area contributed by atoms with Gasteiger partial charge in [0.1, 0.15) is 17.9 Å². The van der Waals surface area contributed by atoms with E-state index in [0.717, 1.165) is 10.8 Å². The van der Waals surface area contributed by atoms with Crippen LogP contribution in [-0.2, 0) is 9.47 Å². The van der Waals surface area contributed by atoms with Crippen molar-refractivity contribution in [1.29, 1.82) is 0 Å². The van der Waals surface area contributed by atoms with Crippen molar-refractivity contribution in [3.63, 3.8) is 0 Å². The van der Waals surface area contributed by atoms with E-state index in [9.17, 15) is 9.90 Å². The Hall–Kier alpha value is -2.11. The van der Waals surface area contributed by atoms with Crippen LogP contribution in [0.3, 0.4) is 0 Å². The Labute approximate surface area is 123 Å². The maximum atomic E-state index is 11.3. The van der Waals surface area contributed by atoms with E-state index < -0.39 is 5.97 Å². The average molecular weight is 290 g/mol. The second-order valence-corrected chi connectivity index (χ2v) is 4.42. The summed E-state index contributed by atoms with van der Waals surface area (Å²) in [6, 6.07) is 10.9. The van der Waals surface area contributed by atoms with Crippen LogP contribution in [0.5, 0.6) is 5.75 Å². The summed E-state index contributed by atoms with van der Waals surface area (Å²) in [5.74, 6) is -0.619. The van der Waals surface area contributed by atoms with Gasteiger partial charge in [0, 0.05) is 12.5 Å². The second-order valence-electron chi connectivity index (χ2n) is 4.42. The molecule has 0 fully saturated rings. The molecular weight excluding hydrogens is 272 g/mol. The molecule has 0 atom stereocenters. The molecule has 0 aliphatic heterocycles. The standard InChI is InChI=1S/C16H18O5/c1-19-8-9-20-10-11-21-15-13-5-3-2-4-12(13)6-7-14(15)16(17)18/h2-7H,8-11H2,1H3,(H,17,18). The summed E-state index contributed by atoms with van der Waals surface area (Å²) < 4.78 is 15.8. The van der Waals surface area contributed by atoms with Gasteiger partial charge in [0.05, 0.1) is 19.8 Å². The van der Waals surface area contributed by atoms with Gasteiger partial charge in [-0.05, 0) is 11.5 Å². The lowest BCUT2D eigenvalue weighted by Crippen LogP contribution is -2.12. The van der Waals surface area contributed by atoms with Crippen molar-refractivity contribution in [3.05, 3.63) is 42.0 Å². The van der Waals surface area contributed by atoms with Gasteiger partial charge in [-0.15, -0.1) is 0 Å². The molecule has 0 heterocycles. The first-order valence-electron chi connectivity index (χ1n) is 6.68. The van der Waals surface area contributed by atoms with Gasteiger partial charge in [0.2, 0.25) is 0 Å². The third-order valence-corrected chi connectivity index (χ3v) is 3.02. The highest BCUT2D eigenvalue weighted by atomic mass is 16.5. The fourth-order valence-electron chi connectivity index (χ4n) is 2.01. The van der Waals surface area contributed by atoms with E-state index in [-0.39, 0.29) is 12.2 Å². The number of methoxy groups -OCH3 is 1. The van der Waals surface area contributed by atoms with Gasteiger partial charge in [0.15, 0.2) is 0 Å². The zero-order valence-electron chi connectivity index (χ0n) is 11.9. The van der Waals surface area contributed by atoms with Crippen molar-refractivity contribution in [2.75, 3.05) is 33.5 Å². The molecule has 0 unspecified atom stereocenters. The quantitative estimate of drug-likeness (QED) is 0.757. The fraction of sp³-hybridized carbons (Fsp3) is 0.312. The van der Waals surface area contributed by atoms with Gasteiger partial charge in [-0.1, -0.05) is 30.3 Å². The Morgan fingerprint density at radius 1 is 1.05 bits per heavy atom. The average Bonchev–Trinajstić information content (AvgIpc) is 2.50. The first-order chi connectivity index (χ1) is 10.2. The summed E-state index contributed by atoms with van der Waals surface area (Å²) in [5.41, 5.74) is 0.158. The number of fused-ring (bicyclic) bond motifs is 1. The Kier molecular flexibility index (Phi) is 5.54. The van der Waals surface area contributed by atoms with Crippen molar-refractivity contribution in [2.24, 2.45) is 0 Å². The third kappa shape index (κ3) is 3.93. The maximum Gasteiger partial charge on any atom is 0.339 e. The van der Waals surface area contributed by atoms with Crippen molar-refractivity contribution >= 4 is 16.7 Å². The van der Waals surface area contributed by atoms with Crippen LogP contribution in [0.15, 0.2) is 36.4 Å². The van der Waals surface area contributed by atoms with Crippen molar-refractivity contribution in [3.8, 4) is 5.75 Å². The monoisotopic (exact) mass is 290 g/mol. The molecule has 112 valence electrons. The van der Waals surface area contributed by atoms with Gasteiger partial charge in [-0.2, -0.15) is 0 Å². The van der Waals surface area contributed by atoms with Crippen LogP contribution in [0.2, 0.25) is 0 Å². The number of benzene rings is 2. The lowest BCUT2D eigenvalue weighted by atomic mass is 10.1. The van der Waals surface area contributed by atoms with Crippen LogP contribution >= 0.6 is 0 Å². The molecule has 0 amide bonds. The Bertz CT molecular complexity index is 609. The number of aromatic carboxylic acids is 1. The molecule has 5 heteroatoms. The van der Waals surface area contributed by atoms with E-state index in [1.165, 1.54) is 0 Å². The van der Waals surface area contributed by atoms with Crippen LogP contribution in [0.1, 0.15) is 10.4 Å². The Balaban J connectivity index is 2.12. The smallest absolute Gasteiger partial charge is 0.339 e. The number of hydrogen-bond acceptors (Lipinski definition) is 4. The summed E-state index contributed by atoms with van der Waals surface area (Å²) in [4.78, 5) is 11.3. The third-order valence-electron chi connectivity index (χ3n) is 3.02. The number of hydrogen-bond donors (Lipinski definition) is 1. The molecule has 0 radical (unpaired) electrons. The predicted octanol–water partition coefficient (Wildman–Crippen LogP) is 2.58. The van der Waals surface area contributed by atoms with E-state index in [1.807, 2.05) is 24.3 Å². The number of rotatable bonds is 8. The Morgan fingerprint density at radius 2 is 1.81 bits per heavy atom. The molecule has 21 heavy (non-hydrogen) atoms. The Morgan fingerprint density at radius 3 is 2.57 bits per heavy atom. The second kappa shape index (κ2) is 7.61. The van der Waals surface area contributed by atoms with Crippen molar-refractivity contribution in [2.45, 2.75) is 0 Å². The largest absolute Gasteiger partial charge is 0.490 e. The number of carbonyl (C=O) groups is 1. The van der Waals surface area contributed by atoms with Gasteiger partial charge >= 0.3 is 5.97 Å². The highest BCUT2D eigenvalue weighted by molar-refractivity contribution is 6.00. The van der Waals surface area contributed by atoms with E-state index in [1.54, 1.807) is 19.2 Å². The molecule has 0 saturated carbocycles. The lowest BCUT2D eigenvalue weighted by Gasteiger charge is -2.12. The zero-order chi connectivity index (χ0) is 15.1. The minimum atomic E-state index is -1.00. The molecule has 2 rings (SSSR count). The zero-order valence-corrected chi connectivity index (χ0v) is 11.9. The van der Waals surface area contributed by atoms with E-state index in [2.05, 4.69) is 0 Å². The molecule has 0 bridgehead atoms. The molecule has 0 spiro atoms. The van der Waals surface area contributed by atoms with Crippen LogP contribution < -0.4 is 4.74 Å². The fourth-order valence-corrected chi connectivity index (χ4v) is 2.01. The van der Waals surface area contributed by atoms with E-state index in [4.69, 9.17) is 14.2 Å². The summed E-state index contributed by atoms with van der Waals surface area (Å²) in [6.07, 6.45) is 0. The molecule has 5 nitrogen and oxygen atoms in total. The minimum absolute atomic E-state index is 0.158. The van der Waals surface area contributed by atoms with Crippen LogP contribution in [0.25, 0.3) is 10.8 Å². The summed E-state index contributed by atoms with van der Waals surface area (Å²) >= 11 is 0. The molecule has 2 aromatic carbocycles. The van der Waals surface area contributed by atoms with E-state index in [0.29, 0.717) is 25.6 Å². The summed E-state index contributed by atoms with van der Waals surface area (Å²) in [7, 11) is 1.61. The topological polar surface area (TPSA) is 65.0 Å². The minimum Gasteiger partial charge on any atom is -0.490 e. The first-order valence-corrected chi connectivity index (χ1v) is 6.68. The lowest BCUT2D eigenvalue weighted by molar-refractivity contribution is 0.0538. The van der Waals surface area contributed by atoms with Crippen LogP contribution in [-0.4, -0.2) is 44.6 Å². The highest BCUT2D eigenvalue weighted by Crippen LogP contribution is 2.29. The SMILES string of the molecule is COCCOCCOc1c(C(=O)O)ccc2ccccc12. The van der Waals surface area contributed by atoms with Gasteiger partial charge in [-0.3, -0.25) is 0 Å². The molecule has 0 saturated heterocycles. The van der Waals surface area contributed by atoms with Gasteiger partial charge < -0.3 is 19.3 Å². The van der Waals surface area contributed by atoms with Crippen molar-refractivity contribution < 1.29 is 24.1 Å². The highest BCUT2D eigenvalue weighted by Gasteiger charge is 2.14. The number of ether oxygens (including phenoxy) is 3. The number of carboxylic acid groups (broad SMARTS) is 1. The molecule has 1 N–H and O–H groups in total. The van der Waals surface area contributed by atoms with Gasteiger partial charge in [-0.25, -0.2) is 4.79 Å². The molecular formula is C16H18O5. The number of carboxylic acids is 1. The van der Waals surface area contributed by atoms with E-state index >= 15 is 0 Å². The molecule has 0 aromatic heterocycles. The summed E-state index contributed by atoms with van der Waals surface area (Å²) in [6.45, 7) is 1.68. The molecule has 2 aromatic rings. The van der Waals surface area contributed by atoms with Gasteiger partial charge in [0.25, 0.3) is 0 Å². The molecule has 0 aliphatic rings. The van der Waals surface area contributed by atoms with Crippen LogP contribution in [0, 0.1) is 0 Å². The van der Waals surface area contributed by atoms with Crippen LogP contribution in [0.4, 0.5) is 0 Å². The summed E-state index contributed by atoms with van der Waals surface area (Å²) in [5, 5.41) is 11.0. The first kappa shape index (κ1) is 15.3. The maximum absolute atomic E-state index is 11.3. The molecule has 0 aliphatic carbocycles. The van der Waals surface area contributed by atoms with Crippen molar-refractivity contribution in [1.82, 2.24) is 0 Å². The predicted molar refractivity (Wildman–Crippen MR) is 79.1 cm³/mol. The normalized spacial score (nSPS) is 10.7.